The van der Waals surface area contributed by atoms with Crippen molar-refractivity contribution in [3.8, 4) is 11.4 Å². The molecular weight excluding hydrogens is 308 g/mol. The van der Waals surface area contributed by atoms with Gasteiger partial charge in [0.2, 0.25) is 0 Å². The SMILES string of the molecule is CCCOC(=O)c1ccc(-n2nc3cc(N)c(OC)cc3n2)cc1. The Bertz CT molecular complexity index is 871. The summed E-state index contributed by atoms with van der Waals surface area (Å²) in [7, 11) is 1.55. The van der Waals surface area contributed by atoms with Crippen LogP contribution in [-0.2, 0) is 4.74 Å². The summed E-state index contributed by atoms with van der Waals surface area (Å²) in [5.74, 6) is 0.225. The van der Waals surface area contributed by atoms with Crippen molar-refractivity contribution < 1.29 is 14.3 Å². The van der Waals surface area contributed by atoms with Crippen LogP contribution in [-0.4, -0.2) is 34.7 Å². The molecule has 2 N–H and O–H groups in total. The fourth-order valence-corrected chi connectivity index (χ4v) is 2.26. The van der Waals surface area contributed by atoms with Crippen molar-refractivity contribution in [1.82, 2.24) is 15.0 Å². The Hall–Kier alpha value is -3.09. The first-order valence-electron chi connectivity index (χ1n) is 7.60. The average molecular weight is 326 g/mol. The van der Waals surface area contributed by atoms with Crippen molar-refractivity contribution in [2.75, 3.05) is 19.5 Å². The number of benzene rings is 2. The molecule has 0 radical (unpaired) electrons. The van der Waals surface area contributed by atoms with Crippen molar-refractivity contribution in [3.63, 3.8) is 0 Å². The highest BCUT2D eigenvalue weighted by atomic mass is 16.5. The third-order valence-electron chi connectivity index (χ3n) is 3.50. The topological polar surface area (TPSA) is 92.3 Å². The number of esters is 1. The van der Waals surface area contributed by atoms with Crippen LogP contribution in [0.4, 0.5) is 5.69 Å². The lowest BCUT2D eigenvalue weighted by Gasteiger charge is -2.04. The first-order chi connectivity index (χ1) is 11.6. The molecule has 0 amide bonds. The number of fused-ring (bicyclic) bond motifs is 1. The average Bonchev–Trinajstić information content (AvgIpc) is 3.01. The molecular formula is C17H18N4O3. The van der Waals surface area contributed by atoms with Gasteiger partial charge in [-0.3, -0.25) is 0 Å². The quantitative estimate of drug-likeness (QED) is 0.572. The number of anilines is 1. The third-order valence-corrected chi connectivity index (χ3v) is 3.50. The molecule has 0 unspecified atom stereocenters. The van der Waals surface area contributed by atoms with Gasteiger partial charge in [0.15, 0.2) is 0 Å². The van der Waals surface area contributed by atoms with Crippen molar-refractivity contribution in [2.45, 2.75) is 13.3 Å². The van der Waals surface area contributed by atoms with Gasteiger partial charge in [0.05, 0.1) is 30.7 Å². The third kappa shape index (κ3) is 3.01. The molecule has 1 aromatic heterocycles. The molecule has 0 atom stereocenters. The molecule has 0 aliphatic heterocycles. The van der Waals surface area contributed by atoms with E-state index in [9.17, 15) is 4.79 Å². The van der Waals surface area contributed by atoms with Crippen LogP contribution in [0.1, 0.15) is 23.7 Å². The molecule has 2 aromatic carbocycles. The van der Waals surface area contributed by atoms with E-state index in [4.69, 9.17) is 15.2 Å². The first kappa shape index (κ1) is 15.8. The Kier molecular flexibility index (Phi) is 4.33. The van der Waals surface area contributed by atoms with Crippen LogP contribution < -0.4 is 10.5 Å². The van der Waals surface area contributed by atoms with Gasteiger partial charge in [0, 0.05) is 6.07 Å². The molecule has 0 saturated heterocycles. The van der Waals surface area contributed by atoms with E-state index in [0.29, 0.717) is 34.6 Å². The van der Waals surface area contributed by atoms with Gasteiger partial charge in [-0.2, -0.15) is 4.80 Å². The summed E-state index contributed by atoms with van der Waals surface area (Å²) in [4.78, 5) is 13.3. The Balaban J connectivity index is 1.89. The number of hydrogen-bond acceptors (Lipinski definition) is 6. The number of nitrogens with zero attached hydrogens (tertiary/aromatic N) is 3. The monoisotopic (exact) mass is 326 g/mol. The van der Waals surface area contributed by atoms with Crippen LogP contribution in [0.2, 0.25) is 0 Å². The van der Waals surface area contributed by atoms with Crippen molar-refractivity contribution >= 4 is 22.7 Å². The second kappa shape index (κ2) is 6.57. The lowest BCUT2D eigenvalue weighted by molar-refractivity contribution is 0.0505. The molecule has 24 heavy (non-hydrogen) atoms. The van der Waals surface area contributed by atoms with Crippen LogP contribution >= 0.6 is 0 Å². The van der Waals surface area contributed by atoms with Gasteiger partial charge in [0.25, 0.3) is 0 Å². The largest absolute Gasteiger partial charge is 0.495 e. The van der Waals surface area contributed by atoms with Crippen LogP contribution in [0.25, 0.3) is 16.7 Å². The number of nitrogen functional groups attached to an aromatic ring is 1. The Morgan fingerprint density at radius 3 is 2.46 bits per heavy atom. The zero-order chi connectivity index (χ0) is 17.1. The Morgan fingerprint density at radius 1 is 1.17 bits per heavy atom. The van der Waals surface area contributed by atoms with Gasteiger partial charge in [0.1, 0.15) is 16.8 Å². The number of aromatic nitrogens is 3. The fraction of sp³-hybridized carbons (Fsp3) is 0.235. The Morgan fingerprint density at radius 2 is 1.83 bits per heavy atom. The number of ether oxygens (including phenoxy) is 2. The van der Waals surface area contributed by atoms with Gasteiger partial charge in [-0.15, -0.1) is 10.2 Å². The Labute approximate surface area is 139 Å². The maximum absolute atomic E-state index is 11.8. The number of carbonyl (C=O) groups excluding carboxylic acids is 1. The standard InChI is InChI=1S/C17H18N4O3/c1-3-8-24-17(22)11-4-6-12(7-5-11)21-19-14-9-13(18)16(23-2)10-15(14)20-21/h4-7,9-10H,3,8,18H2,1-2H3. The normalized spacial score (nSPS) is 10.8. The van der Waals surface area contributed by atoms with Crippen LogP contribution in [0.15, 0.2) is 36.4 Å². The summed E-state index contributed by atoms with van der Waals surface area (Å²) in [5, 5.41) is 8.81. The lowest BCUT2D eigenvalue weighted by Crippen LogP contribution is -2.06. The summed E-state index contributed by atoms with van der Waals surface area (Å²) >= 11 is 0. The number of rotatable bonds is 5. The highest BCUT2D eigenvalue weighted by Gasteiger charge is 2.11. The molecule has 1 heterocycles. The van der Waals surface area contributed by atoms with Crippen molar-refractivity contribution in [1.29, 1.82) is 0 Å². The minimum absolute atomic E-state index is 0.334. The highest BCUT2D eigenvalue weighted by molar-refractivity contribution is 5.89. The number of nitrogens with two attached hydrogens (primary N) is 1. The summed E-state index contributed by atoms with van der Waals surface area (Å²) in [6, 6.07) is 10.4. The summed E-state index contributed by atoms with van der Waals surface area (Å²) < 4.78 is 10.3. The van der Waals surface area contributed by atoms with E-state index in [1.165, 1.54) is 4.80 Å². The summed E-state index contributed by atoms with van der Waals surface area (Å²) in [6.45, 7) is 2.36. The van der Waals surface area contributed by atoms with Crippen LogP contribution in [0.5, 0.6) is 5.75 Å². The summed E-state index contributed by atoms with van der Waals surface area (Å²) in [6.07, 6.45) is 0.792. The van der Waals surface area contributed by atoms with E-state index in [2.05, 4.69) is 10.2 Å². The molecule has 0 aliphatic rings. The van der Waals surface area contributed by atoms with Gasteiger partial charge in [-0.05, 0) is 36.8 Å². The lowest BCUT2D eigenvalue weighted by atomic mass is 10.2. The van der Waals surface area contributed by atoms with E-state index >= 15 is 0 Å². The van der Waals surface area contributed by atoms with Crippen molar-refractivity contribution in [2.24, 2.45) is 0 Å². The second-order valence-electron chi connectivity index (χ2n) is 5.26. The molecule has 0 bridgehead atoms. The molecule has 0 spiro atoms. The van der Waals surface area contributed by atoms with E-state index in [0.717, 1.165) is 12.1 Å². The van der Waals surface area contributed by atoms with E-state index in [1.54, 1.807) is 43.5 Å². The first-order valence-corrected chi connectivity index (χ1v) is 7.60. The van der Waals surface area contributed by atoms with E-state index in [1.807, 2.05) is 6.92 Å². The van der Waals surface area contributed by atoms with Gasteiger partial charge in [-0.1, -0.05) is 6.92 Å². The van der Waals surface area contributed by atoms with Gasteiger partial charge < -0.3 is 15.2 Å². The molecule has 0 fully saturated rings. The molecule has 0 aliphatic carbocycles. The molecule has 3 rings (SSSR count). The highest BCUT2D eigenvalue weighted by Crippen LogP contribution is 2.26. The van der Waals surface area contributed by atoms with E-state index in [-0.39, 0.29) is 5.97 Å². The van der Waals surface area contributed by atoms with E-state index < -0.39 is 0 Å². The number of hydrogen-bond donors (Lipinski definition) is 1. The molecule has 7 nitrogen and oxygen atoms in total. The predicted octanol–water partition coefficient (Wildman–Crippen LogP) is 2.58. The van der Waals surface area contributed by atoms with Crippen molar-refractivity contribution in [3.05, 3.63) is 42.0 Å². The zero-order valence-electron chi connectivity index (χ0n) is 13.5. The maximum atomic E-state index is 11.8. The second-order valence-corrected chi connectivity index (χ2v) is 5.26. The van der Waals surface area contributed by atoms with Gasteiger partial charge in [-0.25, -0.2) is 4.79 Å². The number of carbonyl (C=O) groups is 1. The maximum Gasteiger partial charge on any atom is 0.338 e. The number of methoxy groups -OCH3 is 1. The minimum Gasteiger partial charge on any atom is -0.495 e. The minimum atomic E-state index is -0.334. The fourth-order valence-electron chi connectivity index (χ4n) is 2.26. The summed E-state index contributed by atoms with van der Waals surface area (Å²) in [5.41, 5.74) is 8.96. The molecule has 0 saturated carbocycles. The molecule has 7 heteroatoms. The predicted molar refractivity (Wildman–Crippen MR) is 90.4 cm³/mol. The zero-order valence-corrected chi connectivity index (χ0v) is 13.5. The smallest absolute Gasteiger partial charge is 0.338 e. The van der Waals surface area contributed by atoms with Gasteiger partial charge >= 0.3 is 5.97 Å². The van der Waals surface area contributed by atoms with Crippen LogP contribution in [0.3, 0.4) is 0 Å². The molecule has 124 valence electrons. The molecule has 3 aromatic rings. The van der Waals surface area contributed by atoms with Crippen LogP contribution in [0, 0.1) is 0 Å².